The standard InChI is InChI=1S/C25H30FN3O4/c26-16-3-4-18-20(28-33-23(18)12-16)2-1-9-29-10-7-15(8-11-29)22-13-19-17(24(14-27)32-22)5-6-21(30)25(19)31/h3-6,12,15,22,24,30-31H,1-2,7-11,13-14,27H2/t22-,24-/m1/s1. The SMILES string of the molecule is NC[C@H]1O[C@@H](C2CCN(CCCc3noc4cc(F)ccc34)CC2)Cc2c1ccc(O)c2O. The lowest BCUT2D eigenvalue weighted by Crippen LogP contribution is -2.42. The maximum absolute atomic E-state index is 13.3. The number of hydrogen-bond donors (Lipinski definition) is 3. The van der Waals surface area contributed by atoms with E-state index in [4.69, 9.17) is 15.0 Å². The number of phenolic OH excluding ortho intramolecular Hbond substituents is 2. The molecule has 0 bridgehead atoms. The van der Waals surface area contributed by atoms with Crippen LogP contribution in [0.15, 0.2) is 34.9 Å². The van der Waals surface area contributed by atoms with Crippen LogP contribution in [0.25, 0.3) is 11.0 Å². The molecule has 2 aromatic carbocycles. The highest BCUT2D eigenvalue weighted by Gasteiger charge is 2.35. The quantitative estimate of drug-likeness (QED) is 0.487. The summed E-state index contributed by atoms with van der Waals surface area (Å²) in [6.07, 6.45) is 4.11. The molecule has 0 spiro atoms. The molecule has 3 aromatic rings. The number of fused-ring (bicyclic) bond motifs is 2. The molecule has 176 valence electrons. The number of benzene rings is 2. The van der Waals surface area contributed by atoms with E-state index in [0.29, 0.717) is 24.5 Å². The number of nitrogens with zero attached hydrogens (tertiary/aromatic N) is 2. The number of aromatic hydroxyl groups is 2. The van der Waals surface area contributed by atoms with Crippen LogP contribution in [0, 0.1) is 11.7 Å². The van der Waals surface area contributed by atoms with Gasteiger partial charge in [-0.05, 0) is 75.0 Å². The van der Waals surface area contributed by atoms with Gasteiger partial charge in [0, 0.05) is 30.0 Å². The minimum Gasteiger partial charge on any atom is -0.504 e. The summed E-state index contributed by atoms with van der Waals surface area (Å²) in [7, 11) is 0. The molecule has 4 N–H and O–H groups in total. The lowest BCUT2D eigenvalue weighted by Gasteiger charge is -2.40. The molecule has 0 radical (unpaired) electrons. The van der Waals surface area contributed by atoms with Crippen LogP contribution < -0.4 is 5.73 Å². The number of piperidine rings is 1. The van der Waals surface area contributed by atoms with Gasteiger partial charge in [0.05, 0.1) is 17.9 Å². The Hall–Kier alpha value is -2.68. The van der Waals surface area contributed by atoms with Gasteiger partial charge in [-0.25, -0.2) is 4.39 Å². The summed E-state index contributed by atoms with van der Waals surface area (Å²) in [4.78, 5) is 2.46. The molecule has 1 aromatic heterocycles. The molecular formula is C25H30FN3O4. The molecule has 5 rings (SSSR count). The maximum Gasteiger partial charge on any atom is 0.170 e. The van der Waals surface area contributed by atoms with E-state index in [-0.39, 0.29) is 29.5 Å². The second-order valence-electron chi connectivity index (χ2n) is 9.16. The molecule has 0 amide bonds. The van der Waals surface area contributed by atoms with Gasteiger partial charge < -0.3 is 30.1 Å². The van der Waals surface area contributed by atoms with Crippen LogP contribution in [0.1, 0.15) is 42.2 Å². The zero-order chi connectivity index (χ0) is 22.9. The number of nitrogens with two attached hydrogens (primary N) is 1. The summed E-state index contributed by atoms with van der Waals surface area (Å²) >= 11 is 0. The van der Waals surface area contributed by atoms with Crippen LogP contribution in [0.5, 0.6) is 11.5 Å². The van der Waals surface area contributed by atoms with Gasteiger partial charge >= 0.3 is 0 Å². The summed E-state index contributed by atoms with van der Waals surface area (Å²) in [5.74, 6) is -0.0623. The third-order valence-corrected chi connectivity index (χ3v) is 7.16. The molecule has 0 aliphatic carbocycles. The monoisotopic (exact) mass is 455 g/mol. The minimum atomic E-state index is -0.316. The Labute approximate surface area is 191 Å². The Balaban J connectivity index is 1.14. The molecule has 7 nitrogen and oxygen atoms in total. The van der Waals surface area contributed by atoms with Crippen LogP contribution in [0.3, 0.4) is 0 Å². The molecule has 8 heteroatoms. The molecule has 1 saturated heterocycles. The summed E-state index contributed by atoms with van der Waals surface area (Å²) in [5, 5.41) is 25.3. The molecule has 1 fully saturated rings. The van der Waals surface area contributed by atoms with Crippen molar-refractivity contribution in [3.05, 3.63) is 53.0 Å². The van der Waals surface area contributed by atoms with Crippen molar-refractivity contribution in [3.8, 4) is 11.5 Å². The first-order chi connectivity index (χ1) is 16.0. The Morgan fingerprint density at radius 2 is 1.97 bits per heavy atom. The first-order valence-electron chi connectivity index (χ1n) is 11.7. The van der Waals surface area contributed by atoms with E-state index in [1.807, 2.05) is 0 Å². The van der Waals surface area contributed by atoms with E-state index < -0.39 is 0 Å². The fraction of sp³-hybridized carbons (Fsp3) is 0.480. The van der Waals surface area contributed by atoms with Gasteiger partial charge in [0.1, 0.15) is 5.82 Å². The van der Waals surface area contributed by atoms with E-state index in [1.54, 1.807) is 12.1 Å². The minimum absolute atomic E-state index is 0.0113. The second kappa shape index (κ2) is 9.29. The first kappa shape index (κ1) is 22.1. The second-order valence-corrected chi connectivity index (χ2v) is 9.16. The zero-order valence-corrected chi connectivity index (χ0v) is 18.5. The van der Waals surface area contributed by atoms with Gasteiger partial charge in [0.15, 0.2) is 17.1 Å². The van der Waals surface area contributed by atoms with E-state index in [1.165, 1.54) is 18.2 Å². The Morgan fingerprint density at radius 1 is 1.15 bits per heavy atom. The summed E-state index contributed by atoms with van der Waals surface area (Å²) in [6, 6.07) is 7.85. The molecule has 33 heavy (non-hydrogen) atoms. The molecule has 2 atom stereocenters. The average Bonchev–Trinajstić information content (AvgIpc) is 3.23. The number of ether oxygens (including phenoxy) is 1. The molecule has 0 unspecified atom stereocenters. The van der Waals surface area contributed by atoms with E-state index in [0.717, 1.165) is 67.5 Å². The predicted molar refractivity (Wildman–Crippen MR) is 122 cm³/mol. The highest BCUT2D eigenvalue weighted by atomic mass is 19.1. The van der Waals surface area contributed by atoms with Crippen molar-refractivity contribution in [1.82, 2.24) is 10.1 Å². The van der Waals surface area contributed by atoms with Gasteiger partial charge in [-0.15, -0.1) is 0 Å². The topological polar surface area (TPSA) is 105 Å². The van der Waals surface area contributed by atoms with Crippen LogP contribution >= 0.6 is 0 Å². The maximum atomic E-state index is 13.3. The number of likely N-dealkylation sites (tertiary alicyclic amines) is 1. The van der Waals surface area contributed by atoms with Gasteiger partial charge in [-0.2, -0.15) is 0 Å². The zero-order valence-electron chi connectivity index (χ0n) is 18.5. The van der Waals surface area contributed by atoms with Gasteiger partial charge in [0.2, 0.25) is 0 Å². The fourth-order valence-corrected chi connectivity index (χ4v) is 5.31. The number of halogens is 1. The highest BCUT2D eigenvalue weighted by molar-refractivity contribution is 5.79. The molecular weight excluding hydrogens is 425 g/mol. The van der Waals surface area contributed by atoms with Gasteiger partial charge in [-0.3, -0.25) is 0 Å². The Kier molecular flexibility index (Phi) is 6.23. The third-order valence-electron chi connectivity index (χ3n) is 7.16. The van der Waals surface area contributed by atoms with Crippen LogP contribution in [-0.4, -0.2) is 52.6 Å². The average molecular weight is 456 g/mol. The largest absolute Gasteiger partial charge is 0.504 e. The van der Waals surface area contributed by atoms with Crippen molar-refractivity contribution in [3.63, 3.8) is 0 Å². The number of aromatic nitrogens is 1. The summed E-state index contributed by atoms with van der Waals surface area (Å²) in [5.41, 5.74) is 8.97. The van der Waals surface area contributed by atoms with E-state index >= 15 is 0 Å². The van der Waals surface area contributed by atoms with E-state index in [9.17, 15) is 14.6 Å². The van der Waals surface area contributed by atoms with Crippen molar-refractivity contribution in [2.24, 2.45) is 11.7 Å². The van der Waals surface area contributed by atoms with Crippen LogP contribution in [0.4, 0.5) is 4.39 Å². The molecule has 0 saturated carbocycles. The van der Waals surface area contributed by atoms with Crippen LogP contribution in [0.2, 0.25) is 0 Å². The smallest absolute Gasteiger partial charge is 0.170 e. The molecule has 2 aliphatic heterocycles. The Bertz CT molecular complexity index is 1130. The lowest BCUT2D eigenvalue weighted by molar-refractivity contribution is -0.0647. The third kappa shape index (κ3) is 4.43. The fourth-order valence-electron chi connectivity index (χ4n) is 5.31. The molecule has 3 heterocycles. The van der Waals surface area contributed by atoms with Crippen LogP contribution in [-0.2, 0) is 17.6 Å². The Morgan fingerprint density at radius 3 is 2.76 bits per heavy atom. The normalized spacial score (nSPS) is 22.0. The van der Waals surface area contributed by atoms with Crippen molar-refractivity contribution >= 4 is 11.0 Å². The predicted octanol–water partition coefficient (Wildman–Crippen LogP) is 3.66. The lowest BCUT2D eigenvalue weighted by atomic mass is 9.83. The highest BCUT2D eigenvalue weighted by Crippen LogP contribution is 2.42. The van der Waals surface area contributed by atoms with Crippen molar-refractivity contribution < 1.29 is 23.9 Å². The number of rotatable bonds is 6. The number of phenols is 2. The summed E-state index contributed by atoms with van der Waals surface area (Å²) < 4.78 is 24.9. The van der Waals surface area contributed by atoms with Crippen molar-refractivity contribution in [1.29, 1.82) is 0 Å². The van der Waals surface area contributed by atoms with Crippen molar-refractivity contribution in [2.75, 3.05) is 26.2 Å². The van der Waals surface area contributed by atoms with E-state index in [2.05, 4.69) is 10.1 Å². The first-order valence-corrected chi connectivity index (χ1v) is 11.7. The number of hydrogen-bond acceptors (Lipinski definition) is 7. The number of aryl methyl sites for hydroxylation is 1. The van der Waals surface area contributed by atoms with Crippen molar-refractivity contribution in [2.45, 2.75) is 44.3 Å². The molecule has 2 aliphatic rings. The summed E-state index contributed by atoms with van der Waals surface area (Å²) in [6.45, 7) is 3.29. The van der Waals surface area contributed by atoms with Gasteiger partial charge in [-0.1, -0.05) is 11.2 Å². The van der Waals surface area contributed by atoms with Gasteiger partial charge in [0.25, 0.3) is 0 Å².